The topological polar surface area (TPSA) is 49.0 Å². The number of nitrogens with one attached hydrogen (secondary N) is 1. The van der Waals surface area contributed by atoms with Crippen LogP contribution in [0.1, 0.15) is 24.0 Å². The Morgan fingerprint density at radius 2 is 2.16 bits per heavy atom. The standard InChI is InChI=1S/C21H23N3O/c25-21(12-18-14-23-20-8-2-1-7-19(18)20)24-10-4-6-17(15-24)11-16-5-3-9-22-13-16/h1-3,5,7-9,13-14,17,23H,4,6,10-12,15H2. The number of piperidine rings is 1. The summed E-state index contributed by atoms with van der Waals surface area (Å²) in [7, 11) is 0. The Morgan fingerprint density at radius 3 is 3.04 bits per heavy atom. The monoisotopic (exact) mass is 333 g/mol. The summed E-state index contributed by atoms with van der Waals surface area (Å²) in [6, 6.07) is 12.3. The van der Waals surface area contributed by atoms with E-state index in [1.165, 1.54) is 12.0 Å². The molecule has 4 nitrogen and oxygen atoms in total. The van der Waals surface area contributed by atoms with Crippen molar-refractivity contribution in [2.75, 3.05) is 13.1 Å². The molecule has 3 aromatic rings. The molecule has 0 radical (unpaired) electrons. The van der Waals surface area contributed by atoms with Crippen molar-refractivity contribution in [3.63, 3.8) is 0 Å². The second-order valence-electron chi connectivity index (χ2n) is 6.95. The second kappa shape index (κ2) is 7.09. The molecular weight excluding hydrogens is 310 g/mol. The largest absolute Gasteiger partial charge is 0.361 e. The Bertz CT molecular complexity index is 856. The number of hydrogen-bond acceptors (Lipinski definition) is 2. The minimum Gasteiger partial charge on any atom is -0.361 e. The summed E-state index contributed by atoms with van der Waals surface area (Å²) in [4.78, 5) is 22.3. The molecule has 0 aliphatic carbocycles. The summed E-state index contributed by atoms with van der Waals surface area (Å²) in [6.45, 7) is 1.74. The van der Waals surface area contributed by atoms with Crippen LogP contribution in [0, 0.1) is 5.92 Å². The van der Waals surface area contributed by atoms with Gasteiger partial charge in [0.2, 0.25) is 5.91 Å². The Kier molecular flexibility index (Phi) is 4.51. The average molecular weight is 333 g/mol. The summed E-state index contributed by atoms with van der Waals surface area (Å²) >= 11 is 0. The molecule has 1 saturated heterocycles. The minimum absolute atomic E-state index is 0.237. The van der Waals surface area contributed by atoms with Gasteiger partial charge >= 0.3 is 0 Å². The summed E-state index contributed by atoms with van der Waals surface area (Å²) in [5.74, 6) is 0.769. The zero-order valence-electron chi connectivity index (χ0n) is 14.3. The number of pyridine rings is 1. The molecule has 2 aromatic heterocycles. The maximum atomic E-state index is 12.8. The van der Waals surface area contributed by atoms with E-state index < -0.39 is 0 Å². The number of H-pyrrole nitrogens is 1. The number of fused-ring (bicyclic) bond motifs is 1. The molecule has 1 N–H and O–H groups in total. The number of nitrogens with zero attached hydrogens (tertiary/aromatic N) is 2. The number of hydrogen-bond donors (Lipinski definition) is 1. The van der Waals surface area contributed by atoms with Crippen LogP contribution in [0.4, 0.5) is 0 Å². The lowest BCUT2D eigenvalue weighted by Gasteiger charge is -2.33. The Hall–Kier alpha value is -2.62. The second-order valence-corrected chi connectivity index (χ2v) is 6.95. The van der Waals surface area contributed by atoms with E-state index in [2.05, 4.69) is 22.1 Å². The third kappa shape index (κ3) is 3.58. The first-order valence-corrected chi connectivity index (χ1v) is 9.01. The summed E-state index contributed by atoms with van der Waals surface area (Å²) in [5, 5.41) is 1.15. The van der Waals surface area contributed by atoms with E-state index in [9.17, 15) is 4.79 Å². The van der Waals surface area contributed by atoms with Crippen LogP contribution in [0.25, 0.3) is 10.9 Å². The lowest BCUT2D eigenvalue weighted by Crippen LogP contribution is -2.41. The van der Waals surface area contributed by atoms with E-state index in [4.69, 9.17) is 0 Å². The number of benzene rings is 1. The summed E-state index contributed by atoms with van der Waals surface area (Å²) < 4.78 is 0. The number of aromatic amines is 1. The van der Waals surface area contributed by atoms with Gasteiger partial charge in [-0.05, 0) is 48.4 Å². The number of aromatic nitrogens is 2. The van der Waals surface area contributed by atoms with Crippen LogP contribution in [0.15, 0.2) is 55.0 Å². The molecular formula is C21H23N3O. The van der Waals surface area contributed by atoms with Crippen molar-refractivity contribution in [1.82, 2.24) is 14.9 Å². The summed E-state index contributed by atoms with van der Waals surface area (Å²) in [6.07, 6.45) is 9.47. The third-order valence-corrected chi connectivity index (χ3v) is 5.14. The lowest BCUT2D eigenvalue weighted by atomic mass is 9.91. The Morgan fingerprint density at radius 1 is 1.24 bits per heavy atom. The smallest absolute Gasteiger partial charge is 0.227 e. The quantitative estimate of drug-likeness (QED) is 0.793. The van der Waals surface area contributed by atoms with Gasteiger partial charge in [-0.25, -0.2) is 0 Å². The van der Waals surface area contributed by atoms with Crippen LogP contribution >= 0.6 is 0 Å². The zero-order valence-corrected chi connectivity index (χ0v) is 14.3. The fourth-order valence-corrected chi connectivity index (χ4v) is 3.86. The average Bonchev–Trinajstić information content (AvgIpc) is 3.06. The minimum atomic E-state index is 0.237. The molecule has 128 valence electrons. The predicted molar refractivity (Wildman–Crippen MR) is 99.2 cm³/mol. The van der Waals surface area contributed by atoms with Gasteiger partial charge in [0.1, 0.15) is 0 Å². The highest BCUT2D eigenvalue weighted by molar-refractivity contribution is 5.88. The van der Waals surface area contributed by atoms with E-state index in [1.807, 2.05) is 41.6 Å². The SMILES string of the molecule is O=C(Cc1c[nH]c2ccccc12)N1CCCC(Cc2cccnc2)C1. The molecule has 1 unspecified atom stereocenters. The van der Waals surface area contributed by atoms with E-state index in [1.54, 1.807) is 6.20 Å². The molecule has 4 heteroatoms. The van der Waals surface area contributed by atoms with Gasteiger partial charge < -0.3 is 9.88 Å². The van der Waals surface area contributed by atoms with E-state index in [-0.39, 0.29) is 5.91 Å². The van der Waals surface area contributed by atoms with Gasteiger partial charge in [0, 0.05) is 42.6 Å². The lowest BCUT2D eigenvalue weighted by molar-refractivity contribution is -0.132. The van der Waals surface area contributed by atoms with Gasteiger partial charge in [-0.1, -0.05) is 24.3 Å². The number of carbonyl (C=O) groups excluding carboxylic acids is 1. The van der Waals surface area contributed by atoms with Crippen LogP contribution in [-0.4, -0.2) is 33.9 Å². The Labute approximate surface area is 147 Å². The highest BCUT2D eigenvalue weighted by atomic mass is 16.2. The van der Waals surface area contributed by atoms with Crippen molar-refractivity contribution in [3.8, 4) is 0 Å². The van der Waals surface area contributed by atoms with Crippen LogP contribution in [0.2, 0.25) is 0 Å². The highest BCUT2D eigenvalue weighted by Gasteiger charge is 2.24. The van der Waals surface area contributed by atoms with Gasteiger partial charge in [-0.3, -0.25) is 9.78 Å². The molecule has 1 amide bonds. The molecule has 1 aliphatic rings. The number of carbonyl (C=O) groups is 1. The van der Waals surface area contributed by atoms with Crippen LogP contribution in [0.5, 0.6) is 0 Å². The normalized spacial score (nSPS) is 17.8. The first-order chi connectivity index (χ1) is 12.3. The van der Waals surface area contributed by atoms with Crippen molar-refractivity contribution in [2.24, 2.45) is 5.92 Å². The van der Waals surface area contributed by atoms with Crippen molar-refractivity contribution in [3.05, 3.63) is 66.1 Å². The molecule has 0 bridgehead atoms. The predicted octanol–water partition coefficient (Wildman–Crippen LogP) is 3.59. The van der Waals surface area contributed by atoms with E-state index >= 15 is 0 Å². The van der Waals surface area contributed by atoms with Gasteiger partial charge in [0.05, 0.1) is 6.42 Å². The van der Waals surface area contributed by atoms with Crippen LogP contribution < -0.4 is 0 Å². The van der Waals surface area contributed by atoms with Crippen molar-refractivity contribution < 1.29 is 4.79 Å². The molecule has 25 heavy (non-hydrogen) atoms. The number of rotatable bonds is 4. The van der Waals surface area contributed by atoms with Crippen LogP contribution in [-0.2, 0) is 17.6 Å². The van der Waals surface area contributed by atoms with Gasteiger partial charge in [0.15, 0.2) is 0 Å². The zero-order chi connectivity index (χ0) is 17.1. The van der Waals surface area contributed by atoms with Crippen molar-refractivity contribution in [1.29, 1.82) is 0 Å². The maximum absolute atomic E-state index is 12.8. The molecule has 0 saturated carbocycles. The maximum Gasteiger partial charge on any atom is 0.227 e. The molecule has 1 atom stereocenters. The Balaban J connectivity index is 1.41. The first kappa shape index (κ1) is 15.9. The molecule has 1 fully saturated rings. The van der Waals surface area contributed by atoms with Crippen molar-refractivity contribution in [2.45, 2.75) is 25.7 Å². The van der Waals surface area contributed by atoms with Gasteiger partial charge in [-0.15, -0.1) is 0 Å². The number of amides is 1. The van der Waals surface area contributed by atoms with Gasteiger partial charge in [0.25, 0.3) is 0 Å². The highest BCUT2D eigenvalue weighted by Crippen LogP contribution is 2.23. The van der Waals surface area contributed by atoms with Crippen LogP contribution in [0.3, 0.4) is 0 Å². The fraction of sp³-hybridized carbons (Fsp3) is 0.333. The first-order valence-electron chi connectivity index (χ1n) is 9.01. The molecule has 1 aliphatic heterocycles. The molecule has 4 rings (SSSR count). The van der Waals surface area contributed by atoms with Crippen molar-refractivity contribution >= 4 is 16.8 Å². The third-order valence-electron chi connectivity index (χ3n) is 5.14. The fourth-order valence-electron chi connectivity index (χ4n) is 3.86. The molecule has 3 heterocycles. The van der Waals surface area contributed by atoms with E-state index in [0.29, 0.717) is 12.3 Å². The number of likely N-dealkylation sites (tertiary alicyclic amines) is 1. The molecule has 1 aromatic carbocycles. The van der Waals surface area contributed by atoms with Gasteiger partial charge in [-0.2, -0.15) is 0 Å². The van der Waals surface area contributed by atoms with E-state index in [0.717, 1.165) is 42.4 Å². The molecule has 0 spiro atoms. The summed E-state index contributed by atoms with van der Waals surface area (Å²) in [5.41, 5.74) is 3.45. The number of para-hydroxylation sites is 1.